The van der Waals surface area contributed by atoms with Gasteiger partial charge in [-0.15, -0.1) is 0 Å². The number of nitro groups is 2. The fraction of sp³-hybridized carbons (Fsp3) is 0.400. The van der Waals surface area contributed by atoms with E-state index >= 15 is 0 Å². The van der Waals surface area contributed by atoms with E-state index < -0.39 is 38.7 Å². The maximum atomic E-state index is 13.7. The van der Waals surface area contributed by atoms with Crippen molar-refractivity contribution in [1.29, 1.82) is 0 Å². The predicted molar refractivity (Wildman–Crippen MR) is 60.2 cm³/mol. The number of rotatable bonds is 5. The Morgan fingerprint density at radius 2 is 1.94 bits per heavy atom. The lowest BCUT2D eigenvalue weighted by Crippen LogP contribution is -1.99. The summed E-state index contributed by atoms with van der Waals surface area (Å²) in [5, 5.41) is 30.8. The van der Waals surface area contributed by atoms with E-state index in [2.05, 4.69) is 0 Å². The van der Waals surface area contributed by atoms with Gasteiger partial charge in [-0.05, 0) is 6.42 Å². The number of phenolic OH excluding ortho intramolecular Hbond substituents is 1. The second-order valence-electron chi connectivity index (χ2n) is 3.67. The zero-order valence-corrected chi connectivity index (χ0v) is 9.50. The summed E-state index contributed by atoms with van der Waals surface area (Å²) >= 11 is 0. The van der Waals surface area contributed by atoms with Crippen molar-refractivity contribution < 1.29 is 19.3 Å². The van der Waals surface area contributed by atoms with Gasteiger partial charge in [0, 0.05) is 11.6 Å². The maximum Gasteiger partial charge on any atom is 0.317 e. The van der Waals surface area contributed by atoms with Gasteiger partial charge in [-0.2, -0.15) is 0 Å². The molecule has 8 heteroatoms. The molecule has 0 aromatic heterocycles. The van der Waals surface area contributed by atoms with Crippen molar-refractivity contribution in [3.63, 3.8) is 0 Å². The Kier molecular flexibility index (Phi) is 4.13. The first kappa shape index (κ1) is 13.8. The molecule has 7 nitrogen and oxygen atoms in total. The van der Waals surface area contributed by atoms with Gasteiger partial charge >= 0.3 is 5.69 Å². The summed E-state index contributed by atoms with van der Waals surface area (Å²) in [7, 11) is 0. The number of hydrogen-bond acceptors (Lipinski definition) is 5. The second kappa shape index (κ2) is 5.39. The molecule has 1 aromatic carbocycles. The topological polar surface area (TPSA) is 107 Å². The first-order valence-corrected chi connectivity index (χ1v) is 5.18. The molecule has 0 amide bonds. The Hall–Kier alpha value is -2.25. The molecule has 0 fully saturated rings. The van der Waals surface area contributed by atoms with Gasteiger partial charge < -0.3 is 5.11 Å². The van der Waals surface area contributed by atoms with Crippen LogP contribution in [0.5, 0.6) is 5.75 Å². The molecule has 1 N–H and O–H groups in total. The van der Waals surface area contributed by atoms with Gasteiger partial charge in [-0.3, -0.25) is 20.2 Å². The Morgan fingerprint density at radius 1 is 1.33 bits per heavy atom. The predicted octanol–water partition coefficient (Wildman–Crippen LogP) is 3.02. The normalized spacial score (nSPS) is 12.1. The molecule has 0 saturated heterocycles. The standard InChI is InChI=1S/C10H11FN2O5/c1-2-3-8(11)7-4-6(12(15)16)5-9(10(7)14)13(17)18/h4-5,8,14H,2-3H2,1H3. The van der Waals surface area contributed by atoms with Crippen LogP contribution in [-0.2, 0) is 0 Å². The van der Waals surface area contributed by atoms with Crippen molar-refractivity contribution in [3.8, 4) is 5.75 Å². The van der Waals surface area contributed by atoms with Crippen LogP contribution >= 0.6 is 0 Å². The van der Waals surface area contributed by atoms with Gasteiger partial charge in [0.15, 0.2) is 0 Å². The highest BCUT2D eigenvalue weighted by molar-refractivity contribution is 5.58. The van der Waals surface area contributed by atoms with Crippen molar-refractivity contribution in [1.82, 2.24) is 0 Å². The monoisotopic (exact) mass is 258 g/mol. The minimum atomic E-state index is -1.67. The summed E-state index contributed by atoms with van der Waals surface area (Å²) in [6.45, 7) is 1.69. The lowest BCUT2D eigenvalue weighted by Gasteiger charge is -2.09. The molecule has 18 heavy (non-hydrogen) atoms. The van der Waals surface area contributed by atoms with E-state index in [0.717, 1.165) is 6.07 Å². The number of phenols is 1. The number of alkyl halides is 1. The summed E-state index contributed by atoms with van der Waals surface area (Å²) in [5.74, 6) is -0.855. The van der Waals surface area contributed by atoms with E-state index in [1.807, 2.05) is 0 Å². The molecule has 0 saturated carbocycles. The summed E-state index contributed by atoms with van der Waals surface area (Å²) in [5.41, 5.74) is -1.90. The largest absolute Gasteiger partial charge is 0.502 e. The molecule has 0 aliphatic rings. The van der Waals surface area contributed by atoms with Gasteiger partial charge in [0.05, 0.1) is 15.9 Å². The molecule has 1 atom stereocenters. The third kappa shape index (κ3) is 2.70. The molecule has 1 unspecified atom stereocenters. The van der Waals surface area contributed by atoms with Crippen molar-refractivity contribution in [2.45, 2.75) is 25.9 Å². The van der Waals surface area contributed by atoms with Crippen LogP contribution in [0.15, 0.2) is 12.1 Å². The van der Waals surface area contributed by atoms with Crippen LogP contribution < -0.4 is 0 Å². The smallest absolute Gasteiger partial charge is 0.317 e. The van der Waals surface area contributed by atoms with Gasteiger partial charge in [-0.1, -0.05) is 13.3 Å². The minimum absolute atomic E-state index is 0.0197. The molecule has 0 radical (unpaired) electrons. The molecule has 0 aliphatic heterocycles. The molecule has 1 rings (SSSR count). The average Bonchev–Trinajstić information content (AvgIpc) is 2.28. The molecular weight excluding hydrogens is 247 g/mol. The van der Waals surface area contributed by atoms with E-state index in [1.165, 1.54) is 0 Å². The summed E-state index contributed by atoms with van der Waals surface area (Å²) < 4.78 is 13.7. The molecular formula is C10H11FN2O5. The highest BCUT2D eigenvalue weighted by Gasteiger charge is 2.27. The second-order valence-corrected chi connectivity index (χ2v) is 3.67. The third-order valence-corrected chi connectivity index (χ3v) is 2.39. The van der Waals surface area contributed by atoms with Crippen LogP contribution in [0.2, 0.25) is 0 Å². The van der Waals surface area contributed by atoms with Crippen LogP contribution in [0.25, 0.3) is 0 Å². The number of halogens is 1. The zero-order chi connectivity index (χ0) is 13.9. The number of hydrogen-bond donors (Lipinski definition) is 1. The van der Waals surface area contributed by atoms with Crippen LogP contribution in [0.1, 0.15) is 31.5 Å². The van der Waals surface area contributed by atoms with Gasteiger partial charge in [0.1, 0.15) is 6.17 Å². The van der Waals surface area contributed by atoms with Gasteiger partial charge in [0.2, 0.25) is 5.75 Å². The van der Waals surface area contributed by atoms with Crippen molar-refractivity contribution >= 4 is 11.4 Å². The van der Waals surface area contributed by atoms with Crippen LogP contribution in [-0.4, -0.2) is 15.0 Å². The SMILES string of the molecule is CCCC(F)c1cc([N+](=O)[O-])cc([N+](=O)[O-])c1O. The highest BCUT2D eigenvalue weighted by Crippen LogP contribution is 2.40. The number of nitrogens with zero attached hydrogens (tertiary/aromatic N) is 2. The highest BCUT2D eigenvalue weighted by atomic mass is 19.1. The average molecular weight is 258 g/mol. The van der Waals surface area contributed by atoms with E-state index in [9.17, 15) is 29.7 Å². The van der Waals surface area contributed by atoms with Crippen molar-refractivity contribution in [2.24, 2.45) is 0 Å². The van der Waals surface area contributed by atoms with E-state index in [-0.39, 0.29) is 6.42 Å². The summed E-state index contributed by atoms with van der Waals surface area (Å²) in [6, 6.07) is 1.43. The molecule has 98 valence electrons. The van der Waals surface area contributed by atoms with Crippen LogP contribution in [0.3, 0.4) is 0 Å². The van der Waals surface area contributed by atoms with Crippen molar-refractivity contribution in [3.05, 3.63) is 37.9 Å². The number of aromatic hydroxyl groups is 1. The van der Waals surface area contributed by atoms with E-state index in [1.54, 1.807) is 6.92 Å². The number of benzene rings is 1. The fourth-order valence-corrected chi connectivity index (χ4v) is 1.52. The molecule has 0 spiro atoms. The lowest BCUT2D eigenvalue weighted by atomic mass is 10.0. The lowest BCUT2D eigenvalue weighted by molar-refractivity contribution is -0.394. The third-order valence-electron chi connectivity index (χ3n) is 2.39. The van der Waals surface area contributed by atoms with Gasteiger partial charge in [-0.25, -0.2) is 4.39 Å². The van der Waals surface area contributed by atoms with E-state index in [4.69, 9.17) is 0 Å². The minimum Gasteiger partial charge on any atom is -0.502 e. The molecule has 0 aliphatic carbocycles. The van der Waals surface area contributed by atoms with Gasteiger partial charge in [0.25, 0.3) is 5.69 Å². The fourth-order valence-electron chi connectivity index (χ4n) is 1.52. The molecule has 0 heterocycles. The summed E-state index contributed by atoms with van der Waals surface area (Å²) in [4.78, 5) is 19.4. The van der Waals surface area contributed by atoms with E-state index in [0.29, 0.717) is 12.5 Å². The van der Waals surface area contributed by atoms with Crippen LogP contribution in [0.4, 0.5) is 15.8 Å². The Morgan fingerprint density at radius 3 is 2.39 bits per heavy atom. The number of nitro benzene ring substituents is 2. The Bertz CT molecular complexity index is 491. The molecule has 0 bridgehead atoms. The number of non-ortho nitro benzene ring substituents is 1. The summed E-state index contributed by atoms with van der Waals surface area (Å²) in [6.07, 6.45) is -1.21. The Labute approximate surface area is 101 Å². The Balaban J connectivity index is 3.40. The van der Waals surface area contributed by atoms with Crippen molar-refractivity contribution in [2.75, 3.05) is 0 Å². The molecule has 1 aromatic rings. The first-order chi connectivity index (χ1) is 8.38. The zero-order valence-electron chi connectivity index (χ0n) is 9.50. The maximum absolute atomic E-state index is 13.7. The van der Waals surface area contributed by atoms with Crippen LogP contribution in [0, 0.1) is 20.2 Å². The first-order valence-electron chi connectivity index (χ1n) is 5.18. The quantitative estimate of drug-likeness (QED) is 0.645.